The van der Waals surface area contributed by atoms with Crippen molar-refractivity contribution in [3.8, 4) is 0 Å². The number of aryl methyl sites for hydroxylation is 1. The second-order valence-corrected chi connectivity index (χ2v) is 9.78. The Bertz CT molecular complexity index is 1270. The number of fused-ring (bicyclic) bond motifs is 1. The molecule has 1 aliphatic rings. The molecule has 3 heterocycles. The molecule has 154 valence electrons. The summed E-state index contributed by atoms with van der Waals surface area (Å²) in [5.74, 6) is 0. The van der Waals surface area contributed by atoms with E-state index >= 15 is 0 Å². The molecule has 0 amide bonds. The first kappa shape index (κ1) is 20.4. The minimum Gasteiger partial charge on any atom is -0.353 e. The van der Waals surface area contributed by atoms with Crippen LogP contribution in [0.5, 0.6) is 0 Å². The fourth-order valence-electron chi connectivity index (χ4n) is 3.31. The average molecular weight is 442 g/mol. The second kappa shape index (κ2) is 7.77. The lowest BCUT2D eigenvalue weighted by molar-refractivity contribution is 0.602. The Labute approximate surface area is 180 Å². The van der Waals surface area contributed by atoms with Crippen LogP contribution in [0.3, 0.4) is 0 Å². The van der Waals surface area contributed by atoms with Crippen molar-refractivity contribution in [3.05, 3.63) is 64.2 Å². The molecular weight excluding hydrogens is 422 g/mol. The zero-order valence-electron chi connectivity index (χ0n) is 16.8. The predicted molar refractivity (Wildman–Crippen MR) is 118 cm³/mol. The zero-order chi connectivity index (χ0) is 21.5. The molecule has 7 nitrogen and oxygen atoms in total. The van der Waals surface area contributed by atoms with Gasteiger partial charge < -0.3 is 5.32 Å². The fourth-order valence-corrected chi connectivity index (χ4v) is 4.41. The van der Waals surface area contributed by atoms with Crippen LogP contribution in [0.15, 0.2) is 46.3 Å². The fraction of sp³-hybridized carbons (Fsp3) is 0.238. The van der Waals surface area contributed by atoms with Crippen molar-refractivity contribution in [2.24, 2.45) is 4.99 Å². The quantitative estimate of drug-likeness (QED) is 0.636. The maximum absolute atomic E-state index is 12.3. The molecule has 1 aliphatic heterocycles. The number of aromatic nitrogens is 3. The van der Waals surface area contributed by atoms with Gasteiger partial charge in [0.05, 0.1) is 33.4 Å². The summed E-state index contributed by atoms with van der Waals surface area (Å²) in [6.07, 6.45) is 2.31. The van der Waals surface area contributed by atoms with Gasteiger partial charge in [-0.1, -0.05) is 11.6 Å². The monoisotopic (exact) mass is 441 g/mol. The number of hydrogen-bond acceptors (Lipinski definition) is 7. The Balaban J connectivity index is 1.76. The molecule has 3 aromatic rings. The highest BCUT2D eigenvalue weighted by atomic mass is 35.5. The SMILES string of the molecule is CC1=Nc2c(Nc3ccc(Cl)cc3S(C)(=O)=O)cc(Cc3ccc(C)nn3)nc2C1. The van der Waals surface area contributed by atoms with E-state index in [-0.39, 0.29) is 4.90 Å². The Kier molecular flexibility index (Phi) is 5.29. The largest absolute Gasteiger partial charge is 0.353 e. The van der Waals surface area contributed by atoms with Crippen LogP contribution in [-0.2, 0) is 22.7 Å². The minimum absolute atomic E-state index is 0.130. The minimum atomic E-state index is -3.48. The smallest absolute Gasteiger partial charge is 0.177 e. The number of nitrogens with one attached hydrogen (secondary N) is 1. The van der Waals surface area contributed by atoms with Crippen LogP contribution in [0.1, 0.15) is 29.7 Å². The first-order valence-electron chi connectivity index (χ1n) is 9.32. The number of sulfone groups is 1. The van der Waals surface area contributed by atoms with Crippen molar-refractivity contribution >= 4 is 44.2 Å². The van der Waals surface area contributed by atoms with Gasteiger partial charge in [-0.3, -0.25) is 9.98 Å². The molecular formula is C21H20ClN5O2S. The van der Waals surface area contributed by atoms with Crippen molar-refractivity contribution in [1.29, 1.82) is 0 Å². The van der Waals surface area contributed by atoms with Gasteiger partial charge in [-0.05, 0) is 50.2 Å². The molecule has 0 saturated carbocycles. The number of benzene rings is 1. The van der Waals surface area contributed by atoms with E-state index in [1.165, 1.54) is 6.07 Å². The summed E-state index contributed by atoms with van der Waals surface area (Å²) in [6.45, 7) is 3.83. The summed E-state index contributed by atoms with van der Waals surface area (Å²) in [7, 11) is -3.48. The third-order valence-electron chi connectivity index (χ3n) is 4.67. The number of anilines is 2. The molecule has 0 radical (unpaired) electrons. The maximum Gasteiger partial charge on any atom is 0.177 e. The summed E-state index contributed by atoms with van der Waals surface area (Å²) < 4.78 is 24.5. The Morgan fingerprint density at radius 1 is 1.03 bits per heavy atom. The van der Waals surface area contributed by atoms with Gasteiger partial charge >= 0.3 is 0 Å². The van der Waals surface area contributed by atoms with Gasteiger partial charge in [0, 0.05) is 35.5 Å². The highest BCUT2D eigenvalue weighted by Crippen LogP contribution is 2.38. The van der Waals surface area contributed by atoms with Gasteiger partial charge in [-0.15, -0.1) is 0 Å². The van der Waals surface area contributed by atoms with Crippen LogP contribution >= 0.6 is 11.6 Å². The number of pyridine rings is 1. The van der Waals surface area contributed by atoms with E-state index in [1.54, 1.807) is 12.1 Å². The van der Waals surface area contributed by atoms with E-state index in [4.69, 9.17) is 16.6 Å². The second-order valence-electron chi connectivity index (χ2n) is 7.36. The van der Waals surface area contributed by atoms with Crippen LogP contribution in [0.4, 0.5) is 17.1 Å². The molecule has 0 saturated heterocycles. The summed E-state index contributed by atoms with van der Waals surface area (Å²) in [5.41, 5.74) is 6.11. The number of aliphatic imine (C=N–C) groups is 1. The number of rotatable bonds is 5. The molecule has 0 bridgehead atoms. The number of hydrogen-bond donors (Lipinski definition) is 1. The van der Waals surface area contributed by atoms with E-state index in [9.17, 15) is 8.42 Å². The number of halogens is 1. The lowest BCUT2D eigenvalue weighted by Crippen LogP contribution is -2.05. The molecule has 30 heavy (non-hydrogen) atoms. The average Bonchev–Trinajstić information content (AvgIpc) is 3.05. The molecule has 0 fully saturated rings. The predicted octanol–water partition coefficient (Wildman–Crippen LogP) is 4.22. The first-order valence-corrected chi connectivity index (χ1v) is 11.6. The lowest BCUT2D eigenvalue weighted by atomic mass is 10.1. The topological polar surface area (TPSA) is 97.2 Å². The van der Waals surface area contributed by atoms with Crippen molar-refractivity contribution in [2.45, 2.75) is 31.6 Å². The van der Waals surface area contributed by atoms with E-state index in [0.29, 0.717) is 29.2 Å². The molecule has 9 heteroatoms. The van der Waals surface area contributed by atoms with Crippen LogP contribution in [0, 0.1) is 6.92 Å². The normalized spacial score (nSPS) is 13.1. The Morgan fingerprint density at radius 3 is 2.53 bits per heavy atom. The number of nitrogens with zero attached hydrogens (tertiary/aromatic N) is 4. The Hall–Kier alpha value is -2.84. The molecule has 1 aromatic carbocycles. The van der Waals surface area contributed by atoms with Crippen LogP contribution in [0.2, 0.25) is 5.02 Å². The van der Waals surface area contributed by atoms with Crippen molar-refractivity contribution in [3.63, 3.8) is 0 Å². The summed E-state index contributed by atoms with van der Waals surface area (Å²) in [4.78, 5) is 9.48. The molecule has 1 N–H and O–H groups in total. The van der Waals surface area contributed by atoms with E-state index < -0.39 is 9.84 Å². The summed E-state index contributed by atoms with van der Waals surface area (Å²) >= 11 is 6.03. The third-order valence-corrected chi connectivity index (χ3v) is 6.04. The maximum atomic E-state index is 12.3. The zero-order valence-corrected chi connectivity index (χ0v) is 18.3. The van der Waals surface area contributed by atoms with Gasteiger partial charge in [0.1, 0.15) is 5.69 Å². The van der Waals surface area contributed by atoms with Crippen molar-refractivity contribution in [2.75, 3.05) is 11.6 Å². The molecule has 0 unspecified atom stereocenters. The first-order chi connectivity index (χ1) is 14.2. The van der Waals surface area contributed by atoms with Gasteiger partial charge in [0.15, 0.2) is 9.84 Å². The summed E-state index contributed by atoms with van der Waals surface area (Å²) in [6, 6.07) is 10.5. The Morgan fingerprint density at radius 2 is 1.83 bits per heavy atom. The molecule has 4 rings (SSSR count). The highest BCUT2D eigenvalue weighted by molar-refractivity contribution is 7.90. The molecule has 0 aliphatic carbocycles. The van der Waals surface area contributed by atoms with Gasteiger partial charge in [0.25, 0.3) is 0 Å². The van der Waals surface area contributed by atoms with Crippen LogP contribution in [-0.4, -0.2) is 35.6 Å². The summed E-state index contributed by atoms with van der Waals surface area (Å²) in [5, 5.41) is 11.9. The van der Waals surface area contributed by atoms with Gasteiger partial charge in [-0.2, -0.15) is 10.2 Å². The lowest BCUT2D eigenvalue weighted by Gasteiger charge is -2.15. The van der Waals surface area contributed by atoms with Gasteiger partial charge in [-0.25, -0.2) is 8.42 Å². The van der Waals surface area contributed by atoms with Gasteiger partial charge in [0.2, 0.25) is 0 Å². The molecule has 0 atom stereocenters. The molecule has 0 spiro atoms. The van der Waals surface area contributed by atoms with Crippen LogP contribution < -0.4 is 5.32 Å². The molecule has 2 aromatic heterocycles. The highest BCUT2D eigenvalue weighted by Gasteiger charge is 2.21. The van der Waals surface area contributed by atoms with E-state index in [0.717, 1.165) is 40.4 Å². The van der Waals surface area contributed by atoms with Crippen molar-refractivity contribution in [1.82, 2.24) is 15.2 Å². The van der Waals surface area contributed by atoms with Crippen LogP contribution in [0.25, 0.3) is 0 Å². The third kappa shape index (κ3) is 4.34. The van der Waals surface area contributed by atoms with Crippen molar-refractivity contribution < 1.29 is 8.42 Å². The standard InChI is InChI=1S/C21H20ClN5O2S/c1-12-4-6-15(27-26-12)10-16-11-19(21-18(24-16)8-13(2)23-21)25-17-7-5-14(22)9-20(17)30(3,28)29/h4-7,9,11H,8,10H2,1-3H3,(H,24,25). The van der Waals surface area contributed by atoms with E-state index in [2.05, 4.69) is 20.5 Å². The van der Waals surface area contributed by atoms with E-state index in [1.807, 2.05) is 32.0 Å².